The molecule has 0 amide bonds. The van der Waals surface area contributed by atoms with Crippen LogP contribution in [-0.2, 0) is 11.9 Å². The highest BCUT2D eigenvalue weighted by atomic mass is 127. The van der Waals surface area contributed by atoms with Crippen molar-refractivity contribution in [1.82, 2.24) is 0 Å². The number of carboxylic acid groups (broad SMARTS) is 1. The third-order valence-electron chi connectivity index (χ3n) is 2.82. The second-order valence-electron chi connectivity index (χ2n) is 4.43. The average Bonchev–Trinajstić information content (AvgIpc) is 2.44. The van der Waals surface area contributed by atoms with Crippen LogP contribution in [0.25, 0.3) is 0 Å². The van der Waals surface area contributed by atoms with E-state index in [2.05, 4.69) is 22.6 Å². The van der Waals surface area contributed by atoms with Gasteiger partial charge in [-0.2, -0.15) is 13.2 Å². The molecule has 0 atom stereocenters. The Morgan fingerprint density at radius 3 is 2.50 bits per heavy atom. The van der Waals surface area contributed by atoms with Crippen molar-refractivity contribution >= 4 is 40.3 Å². The first kappa shape index (κ1) is 17.1. The summed E-state index contributed by atoms with van der Waals surface area (Å²) >= 11 is 3.37. The van der Waals surface area contributed by atoms with E-state index in [1.807, 2.05) is 24.3 Å². The Balaban J connectivity index is 2.25. The van der Waals surface area contributed by atoms with Crippen molar-refractivity contribution in [2.24, 2.45) is 0 Å². The Hall–Kier alpha value is -1.22. The van der Waals surface area contributed by atoms with Gasteiger partial charge in [0.15, 0.2) is 0 Å². The lowest BCUT2D eigenvalue weighted by Gasteiger charge is -2.11. The van der Waals surface area contributed by atoms with E-state index in [9.17, 15) is 18.0 Å². The number of thioether (sulfide) groups is 1. The first-order valence-electron chi connectivity index (χ1n) is 6.09. The van der Waals surface area contributed by atoms with Gasteiger partial charge in [0.1, 0.15) is 0 Å². The Bertz CT molecular complexity index is 701. The minimum atomic E-state index is -4.55. The van der Waals surface area contributed by atoms with E-state index in [1.165, 1.54) is 17.8 Å². The van der Waals surface area contributed by atoms with Crippen LogP contribution in [0, 0.1) is 3.57 Å². The molecule has 0 unspecified atom stereocenters. The Morgan fingerprint density at radius 2 is 1.91 bits per heavy atom. The fourth-order valence-electron chi connectivity index (χ4n) is 1.79. The molecule has 0 heterocycles. The molecule has 0 radical (unpaired) electrons. The summed E-state index contributed by atoms with van der Waals surface area (Å²) in [4.78, 5) is 11.5. The molecule has 22 heavy (non-hydrogen) atoms. The zero-order valence-electron chi connectivity index (χ0n) is 11.0. The predicted molar refractivity (Wildman–Crippen MR) is 87.1 cm³/mol. The van der Waals surface area contributed by atoms with Crippen molar-refractivity contribution < 1.29 is 23.1 Å². The number of benzene rings is 2. The van der Waals surface area contributed by atoms with E-state index in [1.54, 1.807) is 0 Å². The summed E-state index contributed by atoms with van der Waals surface area (Å²) < 4.78 is 39.0. The van der Waals surface area contributed by atoms with Gasteiger partial charge in [-0.15, -0.1) is 11.8 Å². The molecular weight excluding hydrogens is 428 g/mol. The number of carbonyl (C=O) groups is 1. The summed E-state index contributed by atoms with van der Waals surface area (Å²) in [5.74, 6) is -0.876. The molecule has 0 aliphatic carbocycles. The zero-order valence-corrected chi connectivity index (χ0v) is 14.0. The van der Waals surface area contributed by atoms with Crippen molar-refractivity contribution in [1.29, 1.82) is 0 Å². The molecule has 0 saturated heterocycles. The summed E-state index contributed by atoms with van der Waals surface area (Å²) in [6.45, 7) is 0. The molecule has 0 saturated carbocycles. The molecule has 0 aliphatic rings. The highest BCUT2D eigenvalue weighted by Crippen LogP contribution is 2.34. The summed E-state index contributed by atoms with van der Waals surface area (Å²) in [5, 5.41) is 9.12. The normalized spacial score (nSPS) is 11.5. The molecule has 1 N–H and O–H groups in total. The minimum absolute atomic E-state index is 0.319. The maximum Gasteiger partial charge on any atom is 0.416 e. The number of carboxylic acids is 1. The summed E-state index contributed by atoms with van der Waals surface area (Å²) in [6, 6.07) is 10.4. The molecule has 0 aliphatic heterocycles. The van der Waals surface area contributed by atoms with E-state index < -0.39 is 17.7 Å². The molecule has 2 rings (SSSR count). The quantitative estimate of drug-likeness (QED) is 0.520. The van der Waals surface area contributed by atoms with Gasteiger partial charge in [-0.1, -0.05) is 12.1 Å². The maximum atomic E-state index is 12.7. The number of alkyl halides is 3. The average molecular weight is 438 g/mol. The molecular formula is C15H10F3IO2S. The minimum Gasteiger partial charge on any atom is -0.478 e. The smallest absolute Gasteiger partial charge is 0.416 e. The van der Waals surface area contributed by atoms with E-state index >= 15 is 0 Å². The monoisotopic (exact) mass is 438 g/mol. The first-order valence-corrected chi connectivity index (χ1v) is 8.15. The maximum absolute atomic E-state index is 12.7. The van der Waals surface area contributed by atoms with Crippen molar-refractivity contribution in [3.8, 4) is 0 Å². The summed E-state index contributed by atoms with van der Waals surface area (Å²) in [6.07, 6.45) is -4.55. The number of halogens is 4. The lowest BCUT2D eigenvalue weighted by Crippen LogP contribution is -2.08. The predicted octanol–water partition coefficient (Wildman–Crippen LogP) is 5.30. The molecule has 116 valence electrons. The van der Waals surface area contributed by atoms with Crippen LogP contribution < -0.4 is 0 Å². The van der Waals surface area contributed by atoms with Gasteiger partial charge in [0.25, 0.3) is 0 Å². The number of hydrogen-bond acceptors (Lipinski definition) is 2. The molecule has 0 aromatic heterocycles. The van der Waals surface area contributed by atoms with E-state index in [0.717, 1.165) is 15.2 Å². The molecule has 0 spiro atoms. The van der Waals surface area contributed by atoms with Gasteiger partial charge in [-0.25, -0.2) is 4.79 Å². The third kappa shape index (κ3) is 4.39. The lowest BCUT2D eigenvalue weighted by molar-refractivity contribution is -0.137. The third-order valence-corrected chi connectivity index (χ3v) is 4.64. The van der Waals surface area contributed by atoms with Crippen LogP contribution in [0.1, 0.15) is 21.5 Å². The van der Waals surface area contributed by atoms with Gasteiger partial charge in [0, 0.05) is 14.2 Å². The van der Waals surface area contributed by atoms with E-state index in [0.29, 0.717) is 16.7 Å². The van der Waals surface area contributed by atoms with Crippen molar-refractivity contribution in [2.45, 2.75) is 16.8 Å². The first-order chi connectivity index (χ1) is 10.3. The summed E-state index contributed by atoms with van der Waals surface area (Å²) in [7, 11) is 0. The van der Waals surface area contributed by atoms with Crippen LogP contribution in [0.15, 0.2) is 47.4 Å². The van der Waals surface area contributed by atoms with E-state index in [-0.39, 0.29) is 5.56 Å². The van der Waals surface area contributed by atoms with Crippen LogP contribution in [0.4, 0.5) is 13.2 Å². The van der Waals surface area contributed by atoms with Crippen LogP contribution in [0.3, 0.4) is 0 Å². The SMILES string of the molecule is O=C(O)c1cc(C(F)(F)F)ccc1SCc1cccc(I)c1. The standard InChI is InChI=1S/C15H10F3IO2S/c16-15(17,18)10-4-5-13(12(7-10)14(20)21)22-8-9-2-1-3-11(19)6-9/h1-7H,8H2,(H,20,21). The largest absolute Gasteiger partial charge is 0.478 e. The Labute approximate surface area is 142 Å². The molecule has 2 nitrogen and oxygen atoms in total. The highest BCUT2D eigenvalue weighted by molar-refractivity contribution is 14.1. The van der Waals surface area contributed by atoms with Gasteiger partial charge < -0.3 is 5.11 Å². The fourth-order valence-corrected chi connectivity index (χ4v) is 3.36. The number of hydrogen-bond donors (Lipinski definition) is 1. The summed E-state index contributed by atoms with van der Waals surface area (Å²) in [5.41, 5.74) is -0.304. The molecule has 0 bridgehead atoms. The molecule has 7 heteroatoms. The fraction of sp³-hybridized carbons (Fsp3) is 0.133. The van der Waals surface area contributed by atoms with Crippen molar-refractivity contribution in [3.05, 3.63) is 62.7 Å². The Morgan fingerprint density at radius 1 is 1.18 bits per heavy atom. The van der Waals surface area contributed by atoms with Gasteiger partial charge in [0.05, 0.1) is 11.1 Å². The van der Waals surface area contributed by atoms with Crippen LogP contribution in [0.5, 0.6) is 0 Å². The molecule has 2 aromatic rings. The lowest BCUT2D eigenvalue weighted by atomic mass is 10.1. The van der Waals surface area contributed by atoms with Gasteiger partial charge in [-0.3, -0.25) is 0 Å². The topological polar surface area (TPSA) is 37.3 Å². The van der Waals surface area contributed by atoms with Crippen LogP contribution in [0.2, 0.25) is 0 Å². The van der Waals surface area contributed by atoms with Crippen molar-refractivity contribution in [2.75, 3.05) is 0 Å². The highest BCUT2D eigenvalue weighted by Gasteiger charge is 2.31. The van der Waals surface area contributed by atoms with E-state index in [4.69, 9.17) is 5.11 Å². The van der Waals surface area contributed by atoms with Gasteiger partial charge >= 0.3 is 12.1 Å². The van der Waals surface area contributed by atoms with Crippen LogP contribution in [-0.4, -0.2) is 11.1 Å². The number of rotatable bonds is 4. The van der Waals surface area contributed by atoms with Gasteiger partial charge in [-0.05, 0) is 58.5 Å². The number of aromatic carboxylic acids is 1. The zero-order chi connectivity index (χ0) is 16.3. The van der Waals surface area contributed by atoms with Gasteiger partial charge in [0.2, 0.25) is 0 Å². The Kier molecular flexibility index (Phi) is 5.38. The van der Waals surface area contributed by atoms with Crippen molar-refractivity contribution in [3.63, 3.8) is 0 Å². The second-order valence-corrected chi connectivity index (χ2v) is 6.70. The van der Waals surface area contributed by atoms with Crippen LogP contribution >= 0.6 is 34.4 Å². The second kappa shape index (κ2) is 6.91. The molecule has 2 aromatic carbocycles. The molecule has 0 fully saturated rings.